The van der Waals surface area contributed by atoms with Gasteiger partial charge in [0.05, 0.1) is 25.7 Å². The van der Waals surface area contributed by atoms with Crippen LogP contribution in [-0.2, 0) is 16.0 Å². The second kappa shape index (κ2) is 12.7. The lowest BCUT2D eigenvalue weighted by atomic mass is 10.1. The number of carbonyl (C=O) groups excluding carboxylic acids is 2. The van der Waals surface area contributed by atoms with Crippen LogP contribution in [0.2, 0.25) is 5.02 Å². The summed E-state index contributed by atoms with van der Waals surface area (Å²) in [6.45, 7) is 0.983. The molecule has 212 valence electrons. The molecule has 2 fully saturated rings. The van der Waals surface area contributed by atoms with Crippen LogP contribution < -0.4 is 16.7 Å². The summed E-state index contributed by atoms with van der Waals surface area (Å²) in [5.41, 5.74) is 1.40. The molecule has 0 spiro atoms. The Balaban J connectivity index is 1.31. The molecule has 3 heterocycles. The summed E-state index contributed by atoms with van der Waals surface area (Å²) < 4.78 is 13.0. The fraction of sp³-hybridized carbons (Fsp3) is 0.393. The zero-order chi connectivity index (χ0) is 28.1. The predicted molar refractivity (Wildman–Crippen MR) is 149 cm³/mol. The number of imide groups is 1. The number of nitrogens with zero attached hydrogens (tertiary/aromatic N) is 4. The van der Waals surface area contributed by atoms with Gasteiger partial charge in [-0.2, -0.15) is 0 Å². The van der Waals surface area contributed by atoms with Crippen LogP contribution in [0.5, 0.6) is 0 Å². The Morgan fingerprint density at radius 2 is 1.90 bits per heavy atom. The number of halogens is 1. The molecule has 1 aromatic carbocycles. The number of pyridine rings is 1. The summed E-state index contributed by atoms with van der Waals surface area (Å²) in [7, 11) is 0. The molecule has 5 rings (SSSR count). The van der Waals surface area contributed by atoms with Crippen molar-refractivity contribution in [2.24, 2.45) is 5.84 Å². The van der Waals surface area contributed by atoms with Crippen molar-refractivity contribution in [1.82, 2.24) is 24.7 Å². The van der Waals surface area contributed by atoms with E-state index in [9.17, 15) is 14.4 Å². The van der Waals surface area contributed by atoms with E-state index in [-0.39, 0.29) is 37.6 Å². The lowest BCUT2D eigenvalue weighted by molar-refractivity contribution is -0.163. The number of rotatable bonds is 9. The first kappa shape index (κ1) is 27.9. The Hall–Kier alpha value is -3.64. The predicted octanol–water partition coefficient (Wildman–Crippen LogP) is 3.54. The zero-order valence-electron chi connectivity index (χ0n) is 22.0. The van der Waals surface area contributed by atoms with Crippen molar-refractivity contribution in [2.75, 3.05) is 19.8 Å². The molecular formula is C28H33ClN6O5. The smallest absolute Gasteiger partial charge is 0.345 e. The standard InChI is InChI=1S/C28H33ClN6O5/c29-21-9-7-20(8-10-21)19-34-26(31-22-11-13-23(14-12-22)32-15-3-1-5-24(32)36)35(30)28(38)33(27(34)37)16-18-40-25-6-2-4-17-39-25/h1,3,5,7-13,15,23,25-26,31H,2,4,6,14,16-19,30H2. The number of hydrazine groups is 1. The van der Waals surface area contributed by atoms with Crippen LogP contribution in [0.1, 0.15) is 37.3 Å². The summed E-state index contributed by atoms with van der Waals surface area (Å²) in [5, 5.41) is 4.82. The molecule has 2 aliphatic heterocycles. The second-order valence-electron chi connectivity index (χ2n) is 9.83. The SMILES string of the molecule is NN1C(=O)N(CCOC2CCCCO2)C(=O)N(Cc2ccc(Cl)cc2)C1NC1=CCC(n2ccccc2=O)C=C1. The number of allylic oxidation sites excluding steroid dienone is 3. The van der Waals surface area contributed by atoms with Crippen LogP contribution in [0.4, 0.5) is 9.59 Å². The number of amides is 4. The van der Waals surface area contributed by atoms with Crippen molar-refractivity contribution < 1.29 is 19.1 Å². The van der Waals surface area contributed by atoms with Crippen molar-refractivity contribution in [2.45, 2.75) is 50.8 Å². The Kier molecular flexibility index (Phi) is 8.85. The molecule has 3 N–H and O–H groups in total. The molecular weight excluding hydrogens is 536 g/mol. The topological polar surface area (TPSA) is 122 Å². The van der Waals surface area contributed by atoms with Crippen molar-refractivity contribution in [1.29, 1.82) is 0 Å². The van der Waals surface area contributed by atoms with E-state index in [1.807, 2.05) is 36.4 Å². The number of carbonyl (C=O) groups is 2. The number of hydrogen-bond donors (Lipinski definition) is 2. The number of nitrogens with two attached hydrogens (primary N) is 1. The highest BCUT2D eigenvalue weighted by Gasteiger charge is 2.43. The molecule has 4 amide bonds. The maximum Gasteiger partial charge on any atom is 0.345 e. The molecule has 3 unspecified atom stereocenters. The minimum Gasteiger partial charge on any atom is -0.353 e. The number of urea groups is 2. The van der Waals surface area contributed by atoms with E-state index in [0.29, 0.717) is 23.7 Å². The van der Waals surface area contributed by atoms with Crippen LogP contribution in [0.25, 0.3) is 0 Å². The summed E-state index contributed by atoms with van der Waals surface area (Å²) in [6, 6.07) is 10.9. The van der Waals surface area contributed by atoms with Gasteiger partial charge in [0.1, 0.15) is 0 Å². The van der Waals surface area contributed by atoms with Crippen molar-refractivity contribution in [3.8, 4) is 0 Å². The van der Waals surface area contributed by atoms with E-state index in [4.69, 9.17) is 26.9 Å². The van der Waals surface area contributed by atoms with Crippen molar-refractivity contribution in [3.05, 3.63) is 93.5 Å². The quantitative estimate of drug-likeness (QED) is 0.350. The van der Waals surface area contributed by atoms with Gasteiger partial charge in [-0.3, -0.25) is 9.69 Å². The highest BCUT2D eigenvalue weighted by molar-refractivity contribution is 6.30. The van der Waals surface area contributed by atoms with Crippen LogP contribution >= 0.6 is 11.6 Å². The Labute approximate surface area is 237 Å². The van der Waals surface area contributed by atoms with Crippen LogP contribution in [0.3, 0.4) is 0 Å². The van der Waals surface area contributed by atoms with Gasteiger partial charge in [0, 0.05) is 29.6 Å². The van der Waals surface area contributed by atoms with Gasteiger partial charge in [-0.1, -0.05) is 42.0 Å². The maximum absolute atomic E-state index is 13.7. The van der Waals surface area contributed by atoms with Crippen LogP contribution in [0, 0.1) is 0 Å². The third kappa shape index (κ3) is 6.39. The van der Waals surface area contributed by atoms with Gasteiger partial charge >= 0.3 is 12.1 Å². The first-order valence-electron chi connectivity index (χ1n) is 13.4. The summed E-state index contributed by atoms with van der Waals surface area (Å²) in [4.78, 5) is 41.7. The van der Waals surface area contributed by atoms with Crippen LogP contribution in [-0.4, -0.2) is 63.8 Å². The molecule has 2 saturated heterocycles. The van der Waals surface area contributed by atoms with Crippen molar-refractivity contribution in [3.63, 3.8) is 0 Å². The molecule has 3 aliphatic rings. The molecule has 3 atom stereocenters. The molecule has 0 radical (unpaired) electrons. The highest BCUT2D eigenvalue weighted by Crippen LogP contribution is 2.24. The summed E-state index contributed by atoms with van der Waals surface area (Å²) >= 11 is 6.06. The van der Waals surface area contributed by atoms with Crippen molar-refractivity contribution >= 4 is 23.7 Å². The van der Waals surface area contributed by atoms with Crippen LogP contribution in [0.15, 0.2) is 77.4 Å². The number of hydrogen-bond acceptors (Lipinski definition) is 7. The Bertz CT molecular complexity index is 1320. The van der Waals surface area contributed by atoms with E-state index >= 15 is 0 Å². The summed E-state index contributed by atoms with van der Waals surface area (Å²) in [5.74, 6) is 6.32. The molecule has 2 aromatic rings. The third-order valence-corrected chi connectivity index (χ3v) is 7.34. The molecule has 1 aliphatic carbocycles. The van der Waals surface area contributed by atoms with E-state index in [0.717, 1.165) is 34.7 Å². The number of aromatic nitrogens is 1. The second-order valence-corrected chi connectivity index (χ2v) is 10.3. The van der Waals surface area contributed by atoms with E-state index in [1.54, 1.807) is 29.0 Å². The zero-order valence-corrected chi connectivity index (χ0v) is 22.8. The first-order chi connectivity index (χ1) is 19.4. The lowest BCUT2D eigenvalue weighted by Crippen LogP contribution is -2.72. The number of nitrogens with one attached hydrogen (secondary N) is 1. The first-order valence-corrected chi connectivity index (χ1v) is 13.7. The average molecular weight is 569 g/mol. The van der Waals surface area contributed by atoms with E-state index < -0.39 is 18.4 Å². The molecule has 11 nitrogen and oxygen atoms in total. The minimum atomic E-state index is -0.957. The molecule has 12 heteroatoms. The van der Waals surface area contributed by atoms with Gasteiger partial charge in [0.2, 0.25) is 6.29 Å². The lowest BCUT2D eigenvalue weighted by Gasteiger charge is -2.45. The normalized spacial score (nSPS) is 23.4. The molecule has 1 aromatic heterocycles. The van der Waals surface area contributed by atoms with Gasteiger partial charge in [-0.15, -0.1) is 0 Å². The summed E-state index contributed by atoms with van der Waals surface area (Å²) in [6.07, 6.45) is 9.42. The number of benzene rings is 1. The van der Waals surface area contributed by atoms with Gasteiger partial charge in [0.25, 0.3) is 5.56 Å². The highest BCUT2D eigenvalue weighted by atomic mass is 35.5. The van der Waals surface area contributed by atoms with E-state index in [1.165, 1.54) is 11.0 Å². The number of ether oxygens (including phenoxy) is 2. The Morgan fingerprint density at radius 1 is 1.07 bits per heavy atom. The van der Waals surface area contributed by atoms with Gasteiger partial charge in [-0.05, 0) is 55.5 Å². The van der Waals surface area contributed by atoms with Gasteiger partial charge in [-0.25, -0.2) is 25.3 Å². The Morgan fingerprint density at radius 3 is 2.60 bits per heavy atom. The molecule has 0 saturated carbocycles. The van der Waals surface area contributed by atoms with Gasteiger partial charge in [0.15, 0.2) is 6.29 Å². The molecule has 0 bridgehead atoms. The monoisotopic (exact) mass is 568 g/mol. The fourth-order valence-electron chi connectivity index (χ4n) is 4.92. The molecule has 40 heavy (non-hydrogen) atoms. The largest absolute Gasteiger partial charge is 0.353 e. The van der Waals surface area contributed by atoms with E-state index in [2.05, 4.69) is 5.32 Å². The fourth-order valence-corrected chi connectivity index (χ4v) is 5.04. The average Bonchev–Trinajstić information content (AvgIpc) is 2.98. The minimum absolute atomic E-state index is 0.0329. The van der Waals surface area contributed by atoms with Gasteiger partial charge < -0.3 is 19.4 Å². The third-order valence-electron chi connectivity index (χ3n) is 7.09. The maximum atomic E-state index is 13.7.